The smallest absolute Gasteiger partial charge is 0.129 e. The molecule has 0 N–H and O–H groups in total. The van der Waals surface area contributed by atoms with Crippen LogP contribution in [0.25, 0.3) is 11.3 Å². The van der Waals surface area contributed by atoms with E-state index in [2.05, 4.69) is 64.1 Å². The van der Waals surface area contributed by atoms with Gasteiger partial charge in [-0.2, -0.15) is 0 Å². The van der Waals surface area contributed by atoms with E-state index in [0.717, 1.165) is 41.3 Å². The van der Waals surface area contributed by atoms with Crippen LogP contribution in [0.3, 0.4) is 0 Å². The van der Waals surface area contributed by atoms with Crippen LogP contribution in [0.4, 0.5) is 0 Å². The fraction of sp³-hybridized carbons (Fsp3) is 0.346. The second kappa shape index (κ2) is 9.13. The summed E-state index contributed by atoms with van der Waals surface area (Å²) in [5.41, 5.74) is 9.26. The Morgan fingerprint density at radius 3 is 2.14 bits per heavy atom. The largest absolute Gasteiger partial charge is 0.496 e. The molecule has 3 aromatic rings. The van der Waals surface area contributed by atoms with E-state index in [0.29, 0.717) is 6.61 Å². The number of ether oxygens (including phenoxy) is 2. The normalized spacial score (nSPS) is 10.8. The molecule has 0 aliphatic heterocycles. The average Bonchev–Trinajstić information content (AvgIpc) is 2.73. The van der Waals surface area contributed by atoms with Crippen molar-refractivity contribution in [1.82, 2.24) is 4.98 Å². The highest BCUT2D eigenvalue weighted by molar-refractivity contribution is 5.70. The number of benzene rings is 2. The third kappa shape index (κ3) is 4.45. The van der Waals surface area contributed by atoms with Gasteiger partial charge in [0.05, 0.1) is 18.4 Å². The molecule has 3 rings (SSSR count). The first kappa shape index (κ1) is 20.9. The second-order valence-electron chi connectivity index (χ2n) is 7.47. The van der Waals surface area contributed by atoms with Gasteiger partial charge in [-0.25, -0.2) is 0 Å². The van der Waals surface area contributed by atoms with Crippen LogP contribution in [0.1, 0.15) is 47.4 Å². The zero-order valence-corrected chi connectivity index (χ0v) is 18.4. The Balaban J connectivity index is 1.97. The van der Waals surface area contributed by atoms with Crippen molar-refractivity contribution in [3.63, 3.8) is 0 Å². The zero-order valence-electron chi connectivity index (χ0n) is 18.4. The van der Waals surface area contributed by atoms with E-state index in [1.807, 2.05) is 13.0 Å². The van der Waals surface area contributed by atoms with E-state index in [-0.39, 0.29) is 0 Å². The Hall–Kier alpha value is -2.81. The number of nitrogens with zero attached hydrogens (tertiary/aromatic N) is 1. The van der Waals surface area contributed by atoms with Crippen LogP contribution in [-0.4, -0.2) is 12.1 Å². The molecule has 152 valence electrons. The number of hydrogen-bond donors (Lipinski definition) is 0. The first-order chi connectivity index (χ1) is 14.0. The maximum Gasteiger partial charge on any atom is 0.129 e. The summed E-state index contributed by atoms with van der Waals surface area (Å²) in [7, 11) is 1.71. The molecule has 0 unspecified atom stereocenters. The number of aromatic nitrogens is 1. The van der Waals surface area contributed by atoms with Crippen LogP contribution in [0, 0.1) is 20.8 Å². The predicted molar refractivity (Wildman–Crippen MR) is 120 cm³/mol. The van der Waals surface area contributed by atoms with Gasteiger partial charge < -0.3 is 9.47 Å². The molecule has 3 heteroatoms. The molecule has 0 atom stereocenters. The lowest BCUT2D eigenvalue weighted by atomic mass is 9.94. The van der Waals surface area contributed by atoms with E-state index in [9.17, 15) is 0 Å². The van der Waals surface area contributed by atoms with Crippen molar-refractivity contribution in [2.45, 2.75) is 54.1 Å². The molecule has 2 aromatic carbocycles. The van der Waals surface area contributed by atoms with Crippen molar-refractivity contribution in [2.24, 2.45) is 0 Å². The minimum atomic E-state index is 0.431. The lowest BCUT2D eigenvalue weighted by Crippen LogP contribution is -2.05. The highest BCUT2D eigenvalue weighted by Gasteiger charge is 2.16. The first-order valence-electron chi connectivity index (χ1n) is 10.3. The minimum Gasteiger partial charge on any atom is -0.496 e. The van der Waals surface area contributed by atoms with Gasteiger partial charge in [-0.1, -0.05) is 38.1 Å². The fourth-order valence-electron chi connectivity index (χ4n) is 3.69. The molecule has 0 fully saturated rings. The topological polar surface area (TPSA) is 31.4 Å². The summed E-state index contributed by atoms with van der Waals surface area (Å²) in [5.74, 6) is 1.69. The van der Waals surface area contributed by atoms with Gasteiger partial charge in [-0.3, -0.25) is 4.98 Å². The number of rotatable bonds is 7. The summed E-state index contributed by atoms with van der Waals surface area (Å²) in [6.07, 6.45) is 1.95. The van der Waals surface area contributed by atoms with E-state index < -0.39 is 0 Å². The third-order valence-electron chi connectivity index (χ3n) is 5.63. The molecule has 0 aliphatic carbocycles. The van der Waals surface area contributed by atoms with Crippen LogP contribution in [0.15, 0.2) is 42.5 Å². The summed E-state index contributed by atoms with van der Waals surface area (Å²) >= 11 is 0. The molecule has 1 heterocycles. The van der Waals surface area contributed by atoms with Crippen molar-refractivity contribution in [3.8, 4) is 22.8 Å². The monoisotopic (exact) mass is 389 g/mol. The molecular weight excluding hydrogens is 358 g/mol. The highest BCUT2D eigenvalue weighted by atomic mass is 16.5. The molecule has 0 saturated carbocycles. The molecule has 3 nitrogen and oxygen atoms in total. The maximum absolute atomic E-state index is 6.07. The molecule has 0 radical (unpaired) electrons. The van der Waals surface area contributed by atoms with Gasteiger partial charge >= 0.3 is 0 Å². The molecule has 0 spiro atoms. The van der Waals surface area contributed by atoms with Gasteiger partial charge in [0.1, 0.15) is 18.1 Å². The van der Waals surface area contributed by atoms with Crippen molar-refractivity contribution in [3.05, 3.63) is 76.0 Å². The van der Waals surface area contributed by atoms with E-state index in [4.69, 9.17) is 14.5 Å². The average molecular weight is 390 g/mol. The number of hydrogen-bond acceptors (Lipinski definition) is 3. The van der Waals surface area contributed by atoms with E-state index >= 15 is 0 Å². The predicted octanol–water partition coefficient (Wildman–Crippen LogP) is 6.39. The summed E-state index contributed by atoms with van der Waals surface area (Å²) < 4.78 is 11.8. The molecular formula is C26H31NO2. The van der Waals surface area contributed by atoms with Crippen LogP contribution < -0.4 is 9.47 Å². The quantitative estimate of drug-likeness (QED) is 0.469. The maximum atomic E-state index is 6.07. The second-order valence-corrected chi connectivity index (χ2v) is 7.47. The van der Waals surface area contributed by atoms with Crippen molar-refractivity contribution >= 4 is 0 Å². The Kier molecular flexibility index (Phi) is 6.58. The van der Waals surface area contributed by atoms with Crippen LogP contribution in [-0.2, 0) is 19.4 Å². The Morgan fingerprint density at radius 2 is 1.55 bits per heavy atom. The van der Waals surface area contributed by atoms with Gasteiger partial charge in [-0.05, 0) is 68.0 Å². The van der Waals surface area contributed by atoms with Gasteiger partial charge in [0, 0.05) is 17.3 Å². The summed E-state index contributed by atoms with van der Waals surface area (Å²) in [6, 6.07) is 14.7. The van der Waals surface area contributed by atoms with E-state index in [1.54, 1.807) is 7.11 Å². The fourth-order valence-corrected chi connectivity index (χ4v) is 3.69. The summed E-state index contributed by atoms with van der Waals surface area (Å²) in [5, 5.41) is 0. The zero-order chi connectivity index (χ0) is 21.0. The molecule has 29 heavy (non-hydrogen) atoms. The Morgan fingerprint density at radius 1 is 0.862 bits per heavy atom. The van der Waals surface area contributed by atoms with Gasteiger partial charge in [0.25, 0.3) is 0 Å². The Bertz CT molecular complexity index is 986. The standard InChI is InChI=1S/C26H31NO2/c1-7-20-10-9-11-21(8-2)26(20)24-15-25(28-6)23(19(5)27-24)16-29-22-13-12-17(3)18(4)14-22/h9-15H,7-8,16H2,1-6H3. The minimum absolute atomic E-state index is 0.431. The molecule has 0 bridgehead atoms. The van der Waals surface area contributed by atoms with Crippen LogP contribution >= 0.6 is 0 Å². The first-order valence-corrected chi connectivity index (χ1v) is 10.3. The van der Waals surface area contributed by atoms with Crippen LogP contribution in [0.2, 0.25) is 0 Å². The molecule has 0 saturated heterocycles. The highest BCUT2D eigenvalue weighted by Crippen LogP contribution is 2.33. The molecule has 0 amide bonds. The third-order valence-corrected chi connectivity index (χ3v) is 5.63. The van der Waals surface area contributed by atoms with E-state index in [1.165, 1.54) is 27.8 Å². The van der Waals surface area contributed by atoms with Crippen molar-refractivity contribution < 1.29 is 9.47 Å². The van der Waals surface area contributed by atoms with Gasteiger partial charge in [-0.15, -0.1) is 0 Å². The number of aryl methyl sites for hydroxylation is 5. The lowest BCUT2D eigenvalue weighted by Gasteiger charge is -2.18. The van der Waals surface area contributed by atoms with Gasteiger partial charge in [0.2, 0.25) is 0 Å². The lowest BCUT2D eigenvalue weighted by molar-refractivity contribution is 0.295. The van der Waals surface area contributed by atoms with Crippen LogP contribution in [0.5, 0.6) is 11.5 Å². The molecule has 1 aromatic heterocycles. The Labute approximate surface area is 174 Å². The summed E-state index contributed by atoms with van der Waals surface area (Å²) in [6.45, 7) is 11.0. The van der Waals surface area contributed by atoms with Crippen molar-refractivity contribution in [1.29, 1.82) is 0 Å². The SMILES string of the molecule is CCc1cccc(CC)c1-c1cc(OC)c(COc2ccc(C)c(C)c2)c(C)n1. The molecule has 0 aliphatic rings. The van der Waals surface area contributed by atoms with Crippen molar-refractivity contribution in [2.75, 3.05) is 7.11 Å². The van der Waals surface area contributed by atoms with Gasteiger partial charge in [0.15, 0.2) is 0 Å². The number of methoxy groups -OCH3 is 1. The number of pyridine rings is 1. The summed E-state index contributed by atoms with van der Waals surface area (Å²) in [4.78, 5) is 4.95.